The molecule has 7 aliphatic carbocycles. The minimum atomic E-state index is -1.30. The van der Waals surface area contributed by atoms with Crippen LogP contribution in [0.25, 0.3) is 0 Å². The molecule has 0 heterocycles. The van der Waals surface area contributed by atoms with Gasteiger partial charge in [0, 0.05) is 29.6 Å². The normalized spacial score (nSPS) is 31.3. The lowest BCUT2D eigenvalue weighted by atomic mass is 9.49. The smallest absolute Gasteiger partial charge is 0.227 e. The summed E-state index contributed by atoms with van der Waals surface area (Å²) in [5.41, 5.74) is 1.89. The molecule has 9 heteroatoms. The number of ketones is 1. The van der Waals surface area contributed by atoms with E-state index in [1.165, 1.54) is 30.9 Å². The number of allylic oxidation sites excluding steroid dienone is 2. The van der Waals surface area contributed by atoms with Crippen molar-refractivity contribution in [3.8, 4) is 11.5 Å². The average Bonchev–Trinajstić information content (AvgIpc) is 3.45. The van der Waals surface area contributed by atoms with Crippen LogP contribution in [0.5, 0.6) is 11.5 Å². The van der Waals surface area contributed by atoms with Crippen LogP contribution in [0.15, 0.2) is 66.2 Å². The molecule has 2 N–H and O–H groups in total. The van der Waals surface area contributed by atoms with Gasteiger partial charge in [0.2, 0.25) is 5.91 Å². The molecule has 4 unspecified atom stereocenters. The first-order valence-electron chi connectivity index (χ1n) is 21.9. The van der Waals surface area contributed by atoms with E-state index in [1.807, 2.05) is 35.2 Å². The van der Waals surface area contributed by atoms with Gasteiger partial charge in [-0.05, 0) is 173 Å². The highest BCUT2D eigenvalue weighted by Gasteiger charge is 2.59. The minimum absolute atomic E-state index is 0.0258. The maximum Gasteiger partial charge on any atom is 0.227 e. The standard InChI is InChI=1S/C50H61F2NO6/c1-31-6-5-16-48(2)41(39-12-8-32(21-38(54)11-7-31)22-40(39)47(56)37-10-13-42(51)43(52)25-37)15-17-50(48,57)30-53(29-49-26-34-18-35(27-49)20-36(19-34)28-49)46(55)24-33-9-14-44(58-3)45(23-33)59-4/h6,8-10,12-14,22-23,25,34-36,38,41,54,57H,5,7,11,15-21,24,26-30H2,1-4H3. The fourth-order valence-corrected chi connectivity index (χ4v) is 12.7. The van der Waals surface area contributed by atoms with Crippen LogP contribution in [0, 0.1) is 40.2 Å². The van der Waals surface area contributed by atoms with Crippen LogP contribution in [-0.2, 0) is 17.6 Å². The first-order chi connectivity index (χ1) is 28.2. The minimum Gasteiger partial charge on any atom is -0.493 e. The van der Waals surface area contributed by atoms with E-state index in [0.29, 0.717) is 86.3 Å². The maximum atomic E-state index is 14.9. The molecule has 3 aromatic carbocycles. The van der Waals surface area contributed by atoms with Crippen molar-refractivity contribution < 1.29 is 38.1 Å². The highest BCUT2D eigenvalue weighted by molar-refractivity contribution is 6.10. The van der Waals surface area contributed by atoms with Gasteiger partial charge in [0.1, 0.15) is 0 Å². The SMILES string of the molecule is COc1ccc(CC(=O)N(CC23CC4CC(CC(C4)C2)C3)CC2(O)CCC3c4ccc(cc4C(=O)c4ccc(F)c(F)c4)CC(O)CCC(C)=CCCC32C)cc1OC. The number of benzene rings is 3. The summed E-state index contributed by atoms with van der Waals surface area (Å²) in [6, 6.07) is 14.6. The van der Waals surface area contributed by atoms with E-state index in [2.05, 4.69) is 19.9 Å². The molecule has 3 aromatic rings. The molecule has 0 spiro atoms. The number of ether oxygens (including phenoxy) is 2. The fourth-order valence-electron chi connectivity index (χ4n) is 12.7. The summed E-state index contributed by atoms with van der Waals surface area (Å²) in [6.45, 7) is 5.01. The molecule has 0 aliphatic heterocycles. The van der Waals surface area contributed by atoms with Gasteiger partial charge in [-0.15, -0.1) is 0 Å². The number of carbonyl (C=O) groups is 2. The molecular weight excluding hydrogens is 749 g/mol. The van der Waals surface area contributed by atoms with E-state index in [4.69, 9.17) is 9.47 Å². The number of amides is 1. The fraction of sp³-hybridized carbons (Fsp3) is 0.560. The highest BCUT2D eigenvalue weighted by Crippen LogP contribution is 2.62. The lowest BCUT2D eigenvalue weighted by Gasteiger charge is -2.58. The molecule has 5 saturated carbocycles. The topological polar surface area (TPSA) is 96.3 Å². The highest BCUT2D eigenvalue weighted by atomic mass is 19.2. The van der Waals surface area contributed by atoms with Crippen LogP contribution < -0.4 is 9.47 Å². The van der Waals surface area contributed by atoms with Crippen LogP contribution in [0.2, 0.25) is 0 Å². The Bertz CT molecular complexity index is 2080. The Morgan fingerprint density at radius 1 is 0.847 bits per heavy atom. The summed E-state index contributed by atoms with van der Waals surface area (Å²) in [7, 11) is 3.18. The molecule has 0 radical (unpaired) electrons. The van der Waals surface area contributed by atoms with Gasteiger partial charge in [-0.1, -0.05) is 36.8 Å². The van der Waals surface area contributed by atoms with Crippen molar-refractivity contribution in [2.75, 3.05) is 27.3 Å². The molecule has 0 saturated heterocycles. The van der Waals surface area contributed by atoms with E-state index in [0.717, 1.165) is 48.1 Å². The number of nitrogens with zero attached hydrogens (tertiary/aromatic N) is 1. The van der Waals surface area contributed by atoms with Gasteiger partial charge in [-0.3, -0.25) is 9.59 Å². The molecule has 7 aliphatic rings. The van der Waals surface area contributed by atoms with Crippen molar-refractivity contribution in [2.24, 2.45) is 28.6 Å². The van der Waals surface area contributed by atoms with Crippen LogP contribution in [-0.4, -0.2) is 65.8 Å². The number of halogens is 2. The quantitative estimate of drug-likeness (QED) is 0.157. The molecule has 7 nitrogen and oxygen atoms in total. The Morgan fingerprint density at radius 3 is 2.24 bits per heavy atom. The van der Waals surface area contributed by atoms with E-state index in [-0.39, 0.29) is 35.8 Å². The number of hydrogen-bond acceptors (Lipinski definition) is 6. The van der Waals surface area contributed by atoms with Crippen molar-refractivity contribution in [1.29, 1.82) is 0 Å². The monoisotopic (exact) mass is 809 g/mol. The summed E-state index contributed by atoms with van der Waals surface area (Å²) in [6.07, 6.45) is 12.9. The van der Waals surface area contributed by atoms with Gasteiger partial charge in [-0.2, -0.15) is 0 Å². The predicted molar refractivity (Wildman–Crippen MR) is 224 cm³/mol. The third kappa shape index (κ3) is 8.23. The predicted octanol–water partition coefficient (Wildman–Crippen LogP) is 9.54. The van der Waals surface area contributed by atoms with E-state index in [9.17, 15) is 28.6 Å². The molecule has 6 bridgehead atoms. The van der Waals surface area contributed by atoms with Gasteiger partial charge < -0.3 is 24.6 Å². The Labute approximate surface area is 348 Å². The van der Waals surface area contributed by atoms with Crippen LogP contribution >= 0.6 is 0 Å². The van der Waals surface area contributed by atoms with Crippen molar-refractivity contribution in [3.05, 3.63) is 106 Å². The van der Waals surface area contributed by atoms with Crippen molar-refractivity contribution in [1.82, 2.24) is 4.90 Å². The number of aliphatic hydroxyl groups excluding tert-OH is 1. The van der Waals surface area contributed by atoms with E-state index in [1.54, 1.807) is 20.3 Å². The van der Waals surface area contributed by atoms with Gasteiger partial charge in [0.05, 0.1) is 32.3 Å². The maximum absolute atomic E-state index is 14.9. The van der Waals surface area contributed by atoms with E-state index < -0.39 is 34.5 Å². The number of rotatable bonds is 10. The molecule has 4 atom stereocenters. The summed E-state index contributed by atoms with van der Waals surface area (Å²) in [5, 5.41) is 24.4. The zero-order valence-corrected chi connectivity index (χ0v) is 35.2. The van der Waals surface area contributed by atoms with Crippen molar-refractivity contribution in [2.45, 2.75) is 121 Å². The summed E-state index contributed by atoms with van der Waals surface area (Å²) < 4.78 is 39.7. The number of hydrogen-bond donors (Lipinski definition) is 2. The summed E-state index contributed by atoms with van der Waals surface area (Å²) in [4.78, 5) is 31.3. The number of aliphatic hydroxyl groups is 2. The van der Waals surface area contributed by atoms with Crippen molar-refractivity contribution in [3.63, 3.8) is 0 Å². The molecule has 1 amide bonds. The first kappa shape index (κ1) is 41.6. The first-order valence-corrected chi connectivity index (χ1v) is 21.9. The number of fused-ring (bicyclic) bond motifs is 8. The number of carbonyl (C=O) groups excluding carboxylic acids is 2. The second-order valence-electron chi connectivity index (χ2n) is 19.4. The Balaban J connectivity index is 1.18. The van der Waals surface area contributed by atoms with Gasteiger partial charge in [0.15, 0.2) is 28.9 Å². The largest absolute Gasteiger partial charge is 0.493 e. The third-order valence-electron chi connectivity index (χ3n) is 15.4. The summed E-state index contributed by atoms with van der Waals surface area (Å²) in [5.74, 6) is 0.403. The molecule has 0 aromatic heterocycles. The van der Waals surface area contributed by atoms with Crippen LogP contribution in [0.4, 0.5) is 8.78 Å². The lowest BCUT2D eigenvalue weighted by molar-refractivity contribution is -0.148. The third-order valence-corrected chi connectivity index (χ3v) is 15.4. The Hall–Kier alpha value is -4.08. The van der Waals surface area contributed by atoms with Gasteiger partial charge in [-0.25, -0.2) is 8.78 Å². The van der Waals surface area contributed by atoms with Crippen LogP contribution in [0.1, 0.15) is 129 Å². The molecule has 59 heavy (non-hydrogen) atoms. The second kappa shape index (κ2) is 16.4. The van der Waals surface area contributed by atoms with Crippen molar-refractivity contribution >= 4 is 11.7 Å². The molecule has 316 valence electrons. The van der Waals surface area contributed by atoms with E-state index >= 15 is 0 Å². The Kier molecular flexibility index (Phi) is 11.6. The average molecular weight is 810 g/mol. The van der Waals surface area contributed by atoms with Gasteiger partial charge in [0.25, 0.3) is 0 Å². The Morgan fingerprint density at radius 2 is 1.56 bits per heavy atom. The molecule has 10 rings (SSSR count). The summed E-state index contributed by atoms with van der Waals surface area (Å²) >= 11 is 0. The lowest BCUT2D eigenvalue weighted by Crippen LogP contribution is -2.58. The zero-order chi connectivity index (χ0) is 41.7. The van der Waals surface area contributed by atoms with Crippen LogP contribution in [0.3, 0.4) is 0 Å². The second-order valence-corrected chi connectivity index (χ2v) is 19.4. The van der Waals surface area contributed by atoms with Gasteiger partial charge >= 0.3 is 0 Å². The molecule has 5 fully saturated rings. The zero-order valence-electron chi connectivity index (χ0n) is 35.2. The molecular formula is C50H61F2NO6. The number of methoxy groups -OCH3 is 2.